The fourth-order valence-corrected chi connectivity index (χ4v) is 8.24. The number of hydrogen-bond donors (Lipinski definition) is 0. The van der Waals surface area contributed by atoms with Crippen molar-refractivity contribution in [2.24, 2.45) is 0 Å². The van der Waals surface area contributed by atoms with Crippen molar-refractivity contribution in [3.05, 3.63) is 223 Å². The lowest BCUT2D eigenvalue weighted by Crippen LogP contribution is -1.98. The number of para-hydroxylation sites is 2. The number of hydrogen-bond acceptors (Lipinski definition) is 2. The predicted octanol–water partition coefficient (Wildman–Crippen LogP) is 13.8. The van der Waals surface area contributed by atoms with Gasteiger partial charge in [-0.25, -0.2) is 9.97 Å². The maximum atomic E-state index is 5.13. The molecule has 0 radical (unpaired) electrons. The van der Waals surface area contributed by atoms with Gasteiger partial charge in [0.1, 0.15) is 0 Å². The first kappa shape index (κ1) is 34.2. The summed E-state index contributed by atoms with van der Waals surface area (Å²) in [4.78, 5) is 10.2. The van der Waals surface area contributed by atoms with Crippen LogP contribution in [0.4, 0.5) is 0 Å². The molecule has 0 N–H and O–H groups in total. The van der Waals surface area contributed by atoms with Crippen LogP contribution in [0.15, 0.2) is 206 Å². The maximum absolute atomic E-state index is 5.13. The minimum absolute atomic E-state index is 0.713. The first-order valence-electron chi connectivity index (χ1n) is 19.5. The van der Waals surface area contributed by atoms with Gasteiger partial charge in [-0.05, 0) is 88.7 Å². The van der Waals surface area contributed by atoms with Crippen LogP contribution in [0.5, 0.6) is 0 Å². The second-order valence-corrected chi connectivity index (χ2v) is 14.7. The summed E-state index contributed by atoms with van der Waals surface area (Å²) in [5, 5.41) is 2.50. The average molecular weight is 730 g/mol. The van der Waals surface area contributed by atoms with Crippen LogP contribution in [0.1, 0.15) is 16.7 Å². The molecule has 0 saturated heterocycles. The van der Waals surface area contributed by atoms with E-state index in [4.69, 9.17) is 9.97 Å². The smallest absolute Gasteiger partial charge is 0.160 e. The Balaban J connectivity index is 0.000000256. The van der Waals surface area contributed by atoms with Gasteiger partial charge >= 0.3 is 0 Å². The summed E-state index contributed by atoms with van der Waals surface area (Å²) >= 11 is 0. The SMILES string of the molecule is Cc1cc(-c2cc(-c3ccc(-c4ccccc4)cc3)nc(-c3ccccc3)n2)cc(-n2c3ccccc3c3ccccc32)c1.c1ccc2c(c1)Cc1ccccc1-2. The highest BCUT2D eigenvalue weighted by Crippen LogP contribution is 2.37. The van der Waals surface area contributed by atoms with Gasteiger partial charge in [-0.2, -0.15) is 0 Å². The summed E-state index contributed by atoms with van der Waals surface area (Å²) in [6.07, 6.45) is 1.10. The molecule has 8 aromatic carbocycles. The van der Waals surface area contributed by atoms with E-state index in [1.807, 2.05) is 24.3 Å². The van der Waals surface area contributed by atoms with Gasteiger partial charge < -0.3 is 4.57 Å². The highest BCUT2D eigenvalue weighted by molar-refractivity contribution is 6.09. The van der Waals surface area contributed by atoms with Gasteiger partial charge in [0.05, 0.1) is 22.4 Å². The van der Waals surface area contributed by atoms with Crippen molar-refractivity contribution in [2.45, 2.75) is 13.3 Å². The van der Waals surface area contributed by atoms with Crippen LogP contribution in [0.2, 0.25) is 0 Å². The fourth-order valence-electron chi connectivity index (χ4n) is 8.24. The molecule has 0 unspecified atom stereocenters. The predicted molar refractivity (Wildman–Crippen MR) is 238 cm³/mol. The van der Waals surface area contributed by atoms with E-state index in [-0.39, 0.29) is 0 Å². The van der Waals surface area contributed by atoms with Crippen LogP contribution in [-0.2, 0) is 6.42 Å². The molecule has 2 heterocycles. The van der Waals surface area contributed by atoms with Gasteiger partial charge in [0.15, 0.2) is 5.82 Å². The summed E-state index contributed by atoms with van der Waals surface area (Å²) < 4.78 is 2.36. The Morgan fingerprint density at radius 2 is 0.860 bits per heavy atom. The Labute approximate surface area is 333 Å². The normalized spacial score (nSPS) is 11.5. The lowest BCUT2D eigenvalue weighted by Gasteiger charge is -2.14. The molecular weight excluding hydrogens is 691 g/mol. The van der Waals surface area contributed by atoms with Crippen LogP contribution in [0.3, 0.4) is 0 Å². The highest BCUT2D eigenvalue weighted by atomic mass is 15.0. The van der Waals surface area contributed by atoms with Crippen molar-refractivity contribution in [1.29, 1.82) is 0 Å². The number of benzene rings is 8. The Morgan fingerprint density at radius 1 is 0.386 bits per heavy atom. The third-order valence-corrected chi connectivity index (χ3v) is 10.9. The van der Waals surface area contributed by atoms with Gasteiger partial charge in [0, 0.05) is 33.2 Å². The molecule has 1 aliphatic carbocycles. The van der Waals surface area contributed by atoms with Crippen molar-refractivity contribution in [3.8, 4) is 61.8 Å². The van der Waals surface area contributed by atoms with Gasteiger partial charge in [-0.1, -0.05) is 170 Å². The summed E-state index contributed by atoms with van der Waals surface area (Å²) in [5.74, 6) is 0.713. The minimum atomic E-state index is 0.713. The Hall–Kier alpha value is -7.36. The van der Waals surface area contributed by atoms with Crippen molar-refractivity contribution in [2.75, 3.05) is 0 Å². The van der Waals surface area contributed by atoms with Gasteiger partial charge in [-0.3, -0.25) is 0 Å². The third kappa shape index (κ3) is 6.60. The largest absolute Gasteiger partial charge is 0.309 e. The molecule has 57 heavy (non-hydrogen) atoms. The molecule has 0 spiro atoms. The van der Waals surface area contributed by atoms with E-state index >= 15 is 0 Å². The molecule has 270 valence electrons. The summed E-state index contributed by atoms with van der Waals surface area (Å²) in [5.41, 5.74) is 17.7. The lowest BCUT2D eigenvalue weighted by molar-refractivity contribution is 1.16. The quantitative estimate of drug-likeness (QED) is 0.177. The first-order chi connectivity index (χ1) is 28.2. The minimum Gasteiger partial charge on any atom is -0.309 e. The average Bonchev–Trinajstić information content (AvgIpc) is 3.83. The third-order valence-electron chi connectivity index (χ3n) is 10.9. The summed E-state index contributed by atoms with van der Waals surface area (Å²) in [6, 6.07) is 72.8. The number of fused-ring (bicyclic) bond motifs is 6. The molecule has 0 aliphatic heterocycles. The molecular formula is C54H39N3. The highest BCUT2D eigenvalue weighted by Gasteiger charge is 2.17. The summed E-state index contributed by atoms with van der Waals surface area (Å²) in [6.45, 7) is 2.16. The Bertz CT molecular complexity index is 2940. The van der Waals surface area contributed by atoms with Crippen molar-refractivity contribution < 1.29 is 0 Å². The van der Waals surface area contributed by atoms with E-state index in [9.17, 15) is 0 Å². The van der Waals surface area contributed by atoms with Crippen LogP contribution in [0, 0.1) is 6.92 Å². The molecule has 0 saturated carbocycles. The fraction of sp³-hybridized carbons (Fsp3) is 0.0370. The zero-order valence-corrected chi connectivity index (χ0v) is 31.7. The van der Waals surface area contributed by atoms with E-state index in [1.165, 1.54) is 60.8 Å². The first-order valence-corrected chi connectivity index (χ1v) is 19.5. The zero-order valence-electron chi connectivity index (χ0n) is 31.7. The second kappa shape index (κ2) is 14.7. The van der Waals surface area contributed by atoms with Crippen LogP contribution < -0.4 is 0 Å². The Morgan fingerprint density at radius 3 is 1.47 bits per heavy atom. The van der Waals surface area contributed by atoms with E-state index < -0.39 is 0 Å². The van der Waals surface area contributed by atoms with E-state index in [0.29, 0.717) is 5.82 Å². The van der Waals surface area contributed by atoms with E-state index in [1.54, 1.807) is 0 Å². The maximum Gasteiger partial charge on any atom is 0.160 e. The summed E-state index contributed by atoms with van der Waals surface area (Å²) in [7, 11) is 0. The van der Waals surface area contributed by atoms with Gasteiger partial charge in [0.25, 0.3) is 0 Å². The lowest BCUT2D eigenvalue weighted by atomic mass is 10.0. The van der Waals surface area contributed by atoms with Crippen LogP contribution in [-0.4, -0.2) is 14.5 Å². The number of aryl methyl sites for hydroxylation is 1. The van der Waals surface area contributed by atoms with Gasteiger partial charge in [0.2, 0.25) is 0 Å². The Kier molecular flexibility index (Phi) is 8.81. The molecule has 0 atom stereocenters. The molecule has 0 fully saturated rings. The van der Waals surface area contributed by atoms with Gasteiger partial charge in [-0.15, -0.1) is 0 Å². The molecule has 3 heteroatoms. The zero-order chi connectivity index (χ0) is 38.1. The van der Waals surface area contributed by atoms with E-state index in [0.717, 1.165) is 40.2 Å². The van der Waals surface area contributed by atoms with Crippen molar-refractivity contribution >= 4 is 21.8 Å². The van der Waals surface area contributed by atoms with E-state index in [2.05, 4.69) is 193 Å². The molecule has 2 aromatic heterocycles. The number of nitrogens with zero attached hydrogens (tertiary/aromatic N) is 3. The van der Waals surface area contributed by atoms with Crippen molar-refractivity contribution in [1.82, 2.24) is 14.5 Å². The monoisotopic (exact) mass is 729 g/mol. The second-order valence-electron chi connectivity index (χ2n) is 14.7. The van der Waals surface area contributed by atoms with Crippen LogP contribution >= 0.6 is 0 Å². The molecule has 0 bridgehead atoms. The molecule has 11 rings (SSSR count). The molecule has 0 amide bonds. The molecule has 3 nitrogen and oxygen atoms in total. The molecule has 1 aliphatic rings. The topological polar surface area (TPSA) is 30.7 Å². The number of rotatable bonds is 5. The van der Waals surface area contributed by atoms with Crippen molar-refractivity contribution in [3.63, 3.8) is 0 Å². The molecule has 10 aromatic rings. The number of aromatic nitrogens is 3. The van der Waals surface area contributed by atoms with Crippen LogP contribution in [0.25, 0.3) is 83.6 Å². The standard InChI is InChI=1S/C41H29N3.C13H10/c1-28-24-33(26-34(25-28)44-39-18-10-8-16-35(39)36-17-9-11-19-40(36)44)38-27-37(42-41(43-38)32-14-6-3-7-15-32)31-22-20-30(21-23-31)29-12-4-2-5-13-29;1-3-7-12-10(5-1)9-11-6-2-4-8-13(11)12/h2-27H,1H3;1-8H,9H2.